The van der Waals surface area contributed by atoms with E-state index in [1.54, 1.807) is 7.05 Å². The number of nitrogens with one attached hydrogen (secondary N) is 2. The molecule has 0 spiro atoms. The van der Waals surface area contributed by atoms with Crippen molar-refractivity contribution in [2.75, 3.05) is 20.1 Å². The van der Waals surface area contributed by atoms with E-state index in [1.165, 1.54) is 17.1 Å². The second-order valence-electron chi connectivity index (χ2n) is 7.40. The van der Waals surface area contributed by atoms with Crippen LogP contribution in [0.4, 0.5) is 0 Å². The molecule has 0 atom stereocenters. The summed E-state index contributed by atoms with van der Waals surface area (Å²) in [7, 11) is -1.71. The third-order valence-electron chi connectivity index (χ3n) is 5.36. The molecule has 0 aromatic rings. The largest absolute Gasteiger partial charge is 0.314 e. The maximum atomic E-state index is 12.3. The molecule has 6 heteroatoms. The minimum Gasteiger partial charge on any atom is -0.314 e. The second kappa shape index (κ2) is 5.23. The van der Waals surface area contributed by atoms with Crippen molar-refractivity contribution >= 4 is 10.2 Å². The Kier molecular flexibility index (Phi) is 4.24. The lowest BCUT2D eigenvalue weighted by molar-refractivity contribution is 0.439. The predicted molar refractivity (Wildman–Crippen MR) is 81.7 cm³/mol. The van der Waals surface area contributed by atoms with Gasteiger partial charge in [-0.2, -0.15) is 17.4 Å². The highest BCUT2D eigenvalue weighted by Gasteiger charge is 2.66. The molecule has 5 nitrogen and oxygen atoms in total. The number of hydrogen-bond acceptors (Lipinski definition) is 3. The van der Waals surface area contributed by atoms with Gasteiger partial charge in [-0.25, -0.2) is 0 Å². The summed E-state index contributed by atoms with van der Waals surface area (Å²) < 4.78 is 28.9. The van der Waals surface area contributed by atoms with Gasteiger partial charge in [-0.15, -0.1) is 0 Å². The Morgan fingerprint density at radius 2 is 1.70 bits per heavy atom. The van der Waals surface area contributed by atoms with E-state index < -0.39 is 10.2 Å². The summed E-state index contributed by atoms with van der Waals surface area (Å²) >= 11 is 0. The quantitative estimate of drug-likeness (QED) is 0.665. The van der Waals surface area contributed by atoms with E-state index in [9.17, 15) is 8.42 Å². The first-order chi connectivity index (χ1) is 9.09. The fourth-order valence-corrected chi connectivity index (χ4v) is 4.18. The Morgan fingerprint density at radius 3 is 2.15 bits per heavy atom. The lowest BCUT2D eigenvalue weighted by Gasteiger charge is -2.18. The van der Waals surface area contributed by atoms with Crippen molar-refractivity contribution in [3.8, 4) is 0 Å². The molecule has 0 radical (unpaired) electrons. The maximum Gasteiger partial charge on any atom is 0.279 e. The van der Waals surface area contributed by atoms with Crippen molar-refractivity contribution in [1.82, 2.24) is 14.3 Å². The van der Waals surface area contributed by atoms with Gasteiger partial charge in [0.15, 0.2) is 0 Å². The molecule has 2 aliphatic carbocycles. The van der Waals surface area contributed by atoms with E-state index in [1.807, 2.05) is 0 Å². The van der Waals surface area contributed by atoms with Gasteiger partial charge < -0.3 is 5.32 Å². The summed E-state index contributed by atoms with van der Waals surface area (Å²) in [6.07, 6.45) is 3.38. The van der Waals surface area contributed by atoms with Gasteiger partial charge in [0, 0.05) is 25.7 Å². The van der Waals surface area contributed by atoms with E-state index in [0.29, 0.717) is 12.6 Å². The molecule has 0 aromatic carbocycles. The van der Waals surface area contributed by atoms with Gasteiger partial charge in [0.1, 0.15) is 0 Å². The van der Waals surface area contributed by atoms with Crippen LogP contribution in [0.15, 0.2) is 0 Å². The molecule has 0 amide bonds. The van der Waals surface area contributed by atoms with Crippen molar-refractivity contribution < 1.29 is 8.42 Å². The van der Waals surface area contributed by atoms with Crippen LogP contribution in [0.1, 0.15) is 47.0 Å². The highest BCUT2D eigenvalue weighted by atomic mass is 32.2. The van der Waals surface area contributed by atoms with Crippen LogP contribution in [-0.2, 0) is 10.2 Å². The highest BCUT2D eigenvalue weighted by molar-refractivity contribution is 7.87. The molecule has 0 heterocycles. The molecule has 0 aromatic heterocycles. The van der Waals surface area contributed by atoms with E-state index >= 15 is 0 Å². The fraction of sp³-hybridized carbons (Fsp3) is 1.00. The molecule has 0 aliphatic heterocycles. The topological polar surface area (TPSA) is 61.4 Å². The molecule has 2 saturated carbocycles. The Labute approximate surface area is 123 Å². The van der Waals surface area contributed by atoms with E-state index in [0.717, 1.165) is 13.0 Å². The maximum absolute atomic E-state index is 12.3. The van der Waals surface area contributed by atoms with Crippen LogP contribution in [0.5, 0.6) is 0 Å². The molecule has 2 N–H and O–H groups in total. The number of hydrogen-bond donors (Lipinski definition) is 2. The van der Waals surface area contributed by atoms with Crippen LogP contribution < -0.4 is 10.0 Å². The normalized spacial score (nSPS) is 25.1. The molecule has 2 fully saturated rings. The molecule has 0 unspecified atom stereocenters. The van der Waals surface area contributed by atoms with Gasteiger partial charge in [0.25, 0.3) is 10.2 Å². The van der Waals surface area contributed by atoms with Gasteiger partial charge in [-0.3, -0.25) is 0 Å². The van der Waals surface area contributed by atoms with Crippen LogP contribution in [0, 0.1) is 10.8 Å². The van der Waals surface area contributed by atoms with E-state index in [4.69, 9.17) is 0 Å². The summed E-state index contributed by atoms with van der Waals surface area (Å²) in [4.78, 5) is 0. The average Bonchev–Trinajstić information content (AvgIpc) is 3.20. The Balaban J connectivity index is 1.77. The monoisotopic (exact) mass is 303 g/mol. The first kappa shape index (κ1) is 16.2. The number of nitrogens with zero attached hydrogens (tertiary/aromatic N) is 1. The van der Waals surface area contributed by atoms with Crippen LogP contribution in [0.25, 0.3) is 0 Å². The number of rotatable bonds is 8. The lowest BCUT2D eigenvalue weighted by atomic mass is 10.0. The minimum atomic E-state index is -3.37. The van der Waals surface area contributed by atoms with Crippen molar-refractivity contribution in [2.45, 2.75) is 59.0 Å². The van der Waals surface area contributed by atoms with E-state index in [2.05, 4.69) is 37.7 Å². The summed E-state index contributed by atoms with van der Waals surface area (Å²) in [6.45, 7) is 9.90. The Bertz CT molecular complexity index is 441. The van der Waals surface area contributed by atoms with Crippen molar-refractivity contribution in [3.63, 3.8) is 0 Å². The third kappa shape index (κ3) is 3.18. The van der Waals surface area contributed by atoms with Gasteiger partial charge in [-0.1, -0.05) is 27.7 Å². The summed E-state index contributed by atoms with van der Waals surface area (Å²) in [5.74, 6) is 0. The zero-order chi connectivity index (χ0) is 15.2. The molecule has 20 heavy (non-hydrogen) atoms. The van der Waals surface area contributed by atoms with Crippen LogP contribution in [-0.4, -0.2) is 44.9 Å². The molecule has 2 rings (SSSR count). The second-order valence-corrected chi connectivity index (χ2v) is 9.21. The summed E-state index contributed by atoms with van der Waals surface area (Å²) in [5, 5.41) is 3.40. The summed E-state index contributed by atoms with van der Waals surface area (Å²) in [6, 6.07) is 0.704. The molecule has 118 valence electrons. The first-order valence-corrected chi connectivity index (χ1v) is 9.00. The molecule has 0 saturated heterocycles. The standard InChI is InChI=1S/C14H29N3O2S/c1-13(2)12(14(13,3)4)16-20(18,19)17(5)10-6-9-15-11-7-8-11/h11-12,15-16H,6-10H2,1-5H3. The highest BCUT2D eigenvalue weighted by Crippen LogP contribution is 2.62. The first-order valence-electron chi connectivity index (χ1n) is 7.56. The molecule has 2 aliphatic rings. The van der Waals surface area contributed by atoms with Gasteiger partial charge >= 0.3 is 0 Å². The average molecular weight is 303 g/mol. The van der Waals surface area contributed by atoms with Crippen molar-refractivity contribution in [3.05, 3.63) is 0 Å². The molecule has 0 bridgehead atoms. The Hall–Kier alpha value is -0.170. The van der Waals surface area contributed by atoms with Crippen LogP contribution in [0.2, 0.25) is 0 Å². The van der Waals surface area contributed by atoms with E-state index in [-0.39, 0.29) is 16.9 Å². The summed E-state index contributed by atoms with van der Waals surface area (Å²) in [5.41, 5.74) is 0.0445. The van der Waals surface area contributed by atoms with Gasteiger partial charge in [-0.05, 0) is 36.6 Å². The zero-order valence-corrected chi connectivity index (χ0v) is 14.2. The van der Waals surface area contributed by atoms with Gasteiger partial charge in [0.05, 0.1) is 0 Å². The van der Waals surface area contributed by atoms with Gasteiger partial charge in [0.2, 0.25) is 0 Å². The SMILES string of the molecule is CN(CCCNC1CC1)S(=O)(=O)NC1C(C)(C)C1(C)C. The molecular formula is C14H29N3O2S. The smallest absolute Gasteiger partial charge is 0.279 e. The third-order valence-corrected chi connectivity index (χ3v) is 6.89. The minimum absolute atomic E-state index is 0.0204. The Morgan fingerprint density at radius 1 is 1.15 bits per heavy atom. The van der Waals surface area contributed by atoms with Crippen molar-refractivity contribution in [2.24, 2.45) is 10.8 Å². The zero-order valence-electron chi connectivity index (χ0n) is 13.4. The lowest BCUT2D eigenvalue weighted by Crippen LogP contribution is -2.42. The van der Waals surface area contributed by atoms with Crippen LogP contribution in [0.3, 0.4) is 0 Å². The van der Waals surface area contributed by atoms with Crippen molar-refractivity contribution in [1.29, 1.82) is 0 Å². The molecular weight excluding hydrogens is 274 g/mol. The fourth-order valence-electron chi connectivity index (χ4n) is 2.75. The van der Waals surface area contributed by atoms with Crippen LogP contribution >= 0.6 is 0 Å². The predicted octanol–water partition coefficient (Wildman–Crippen LogP) is 1.33.